The fourth-order valence-electron chi connectivity index (χ4n) is 4.64. The topological polar surface area (TPSA) is 0 Å². The minimum atomic E-state index is -0.424. The average molecular weight is 3620 g/mol. The van der Waals surface area contributed by atoms with Gasteiger partial charge in [-0.15, -0.1) is 0 Å². The fourth-order valence-corrected chi connectivity index (χ4v) is 19.6. The first-order valence-electron chi connectivity index (χ1n) is 19.0. The Labute approximate surface area is 1100 Å². The summed E-state index contributed by atoms with van der Waals surface area (Å²) in [5.74, 6) is 0. The third kappa shape index (κ3) is 269. The molecule has 0 saturated heterocycles. The van der Waals surface area contributed by atoms with Crippen molar-refractivity contribution in [2.45, 2.75) is 438 Å². The second-order valence-electron chi connectivity index (χ2n) is 12.5. The fraction of sp³-hybridized carbons (Fsp3) is 0.625. The Bertz CT molecular complexity index is 1660. The second kappa shape index (κ2) is 313. The maximum Gasteiger partial charge on any atom is 0.102 e. The van der Waals surface area contributed by atoms with Crippen molar-refractivity contribution in [3.05, 3.63) is 215 Å². The zero-order chi connectivity index (χ0) is 48.6. The molecule has 0 N–H and O–H groups in total. The zero-order valence-electron chi connectivity index (χ0n) is 36.8. The molecule has 126 heavy (non-hydrogen) atoms. The van der Waals surface area contributed by atoms with Crippen LogP contribution < -0.4 is 0 Å². The first-order chi connectivity index (χ1) is 32.0. The van der Waals surface area contributed by atoms with E-state index in [9.17, 15) is 25.2 Å². The summed E-state index contributed by atoms with van der Waals surface area (Å²) in [5, 5.41) is -2.54. The van der Waals surface area contributed by atoms with Crippen molar-refractivity contribution in [2.24, 2.45) is 0 Å². The van der Waals surface area contributed by atoms with Crippen LogP contribution in [0.2, 0.25) is 0 Å². The van der Waals surface area contributed by atoms with E-state index >= 15 is 0 Å². The van der Waals surface area contributed by atoms with Gasteiger partial charge in [-0.25, -0.2) is 25.2 Å². The quantitative estimate of drug-likeness (QED) is 0.0457. The largest absolute Gasteiger partial charge is 0.225 e. The SMILES string of the molecule is C.C.C.C.C.C.C.C.C.C.C.C.C.C.C.C.C.C.C.C.C.C.C.C.C.C.C.C.C.C.C.C.C.C.C.C.C.C.C.C.C.C.C.C.C.C.C.C.C.C.C.C.C.C.FPP(I)Cc1ccccc1.FPP(I)Cc1ccccc1.FPP(I)Cc1ccccc1.FPP(I)Cc1ccccc1.FPP(I)Cc1ccccc1.FPP(I)Cc1ccccc1.[Tb].[Tb].[Tb].[Tb].[Tb].[Tb]. The molecule has 0 heterocycles. The van der Waals surface area contributed by atoms with Crippen LogP contribution in [-0.2, 0) is 37.0 Å². The van der Waals surface area contributed by atoms with E-state index < -0.39 is 83.0 Å². The number of rotatable bonds is 18. The molecule has 0 fully saturated rings. The molecule has 6 rings (SSSR count). The summed E-state index contributed by atoms with van der Waals surface area (Å²) >= 11 is 13.3. The van der Waals surface area contributed by atoms with E-state index in [-0.39, 0.29) is 633 Å². The molecule has 0 aliphatic heterocycles. The van der Waals surface area contributed by atoms with Crippen molar-refractivity contribution >= 4 is 215 Å². The molecule has 0 aliphatic rings. The molecule has 0 spiro atoms. The van der Waals surface area contributed by atoms with Crippen LogP contribution in [0.25, 0.3) is 0 Å². The summed E-state index contributed by atoms with van der Waals surface area (Å²) < 4.78 is 72.7. The van der Waals surface area contributed by atoms with Crippen molar-refractivity contribution in [1.29, 1.82) is 0 Å². The summed E-state index contributed by atoms with van der Waals surface area (Å²) in [7, 11) is -2.35. The monoisotopic (exact) mass is 3620 g/mol. The van der Waals surface area contributed by atoms with Gasteiger partial charge in [0.25, 0.3) is 0 Å². The van der Waals surface area contributed by atoms with Gasteiger partial charge < -0.3 is 0 Å². The Morgan fingerprint density at radius 1 is 0.135 bits per heavy atom. The van der Waals surface area contributed by atoms with Gasteiger partial charge >= 0.3 is 0 Å². The van der Waals surface area contributed by atoms with Crippen LogP contribution in [0.5, 0.6) is 0 Å². The van der Waals surface area contributed by atoms with Gasteiger partial charge in [-0.1, -0.05) is 583 Å². The molecule has 0 nitrogen and oxygen atoms in total. The molecule has 0 aromatic heterocycles. The molecule has 12 unspecified atom stereocenters. The van der Waals surface area contributed by atoms with E-state index in [2.05, 4.69) is 132 Å². The summed E-state index contributed by atoms with van der Waals surface area (Å²) in [6.45, 7) is 0. The van der Waals surface area contributed by atoms with Gasteiger partial charge in [-0.3, -0.25) is 0 Å². The molecule has 12 atom stereocenters. The molecular formula is C96H264F6I6P12Tb6. The minimum Gasteiger partial charge on any atom is -0.225 e. The number of halogens is 12. The van der Waals surface area contributed by atoms with E-state index in [1.165, 1.54) is 33.4 Å². The predicted octanol–water partition coefficient (Wildman–Crippen LogP) is 61.3. The van der Waals surface area contributed by atoms with Gasteiger partial charge in [-0.2, -0.15) is 0 Å². The standard InChI is InChI=1S/6C7H8FIP2.54CH4.6Tb/c6*8-10-11(9)6-7-4-2-1-3-5-7;;;;;;;;;;;;;;;;;;;;;;;;;;;;;;;;;;;;;;;;;;;;;;;;;;;;;;;;;;;;/h6*1-5,10H,6H2;54*1H4;;;;;;. The van der Waals surface area contributed by atoms with Crippen LogP contribution in [-0.4, -0.2) is 0 Å². The smallest absolute Gasteiger partial charge is 0.102 e. The second-order valence-corrected chi connectivity index (χ2v) is 69.9. The first kappa shape index (κ1) is 425. The van der Waals surface area contributed by atoms with Gasteiger partial charge in [-0.05, 0) is 166 Å². The van der Waals surface area contributed by atoms with Gasteiger partial charge in [0.15, 0.2) is 0 Å². The summed E-state index contributed by atoms with van der Waals surface area (Å²) in [6, 6.07) is 60.5. The van der Waals surface area contributed by atoms with Crippen LogP contribution in [0.15, 0.2) is 182 Å². The van der Waals surface area contributed by atoms with Crippen molar-refractivity contribution in [3.8, 4) is 0 Å². The minimum absolute atomic E-state index is 0. The predicted molar refractivity (Wildman–Crippen MR) is 727 cm³/mol. The molecule has 6 aromatic rings. The number of hydrogen-bond acceptors (Lipinski definition) is 0. The van der Waals surface area contributed by atoms with Crippen LogP contribution in [0, 0.1) is 232 Å². The van der Waals surface area contributed by atoms with E-state index in [0.29, 0.717) is 0 Å². The van der Waals surface area contributed by atoms with Gasteiger partial charge in [0, 0.05) is 300 Å². The van der Waals surface area contributed by atoms with E-state index in [4.69, 9.17) is 0 Å². The molecule has 0 amide bonds. The van der Waals surface area contributed by atoms with Gasteiger partial charge in [0.2, 0.25) is 0 Å². The van der Waals surface area contributed by atoms with Crippen LogP contribution in [0.3, 0.4) is 0 Å². The maximum absolute atomic E-state index is 12.1. The third-order valence-electron chi connectivity index (χ3n) is 7.54. The Morgan fingerprint density at radius 3 is 0.238 bits per heavy atom. The van der Waals surface area contributed by atoms with Gasteiger partial charge in [0.05, 0.1) is 0 Å². The van der Waals surface area contributed by atoms with Crippen LogP contribution >= 0.6 is 215 Å². The Hall–Kier alpha value is 12.2. The maximum atomic E-state index is 12.1. The van der Waals surface area contributed by atoms with E-state index in [1.54, 1.807) is 0 Å². The van der Waals surface area contributed by atoms with Crippen LogP contribution in [0.1, 0.15) is 434 Å². The normalized spacial score (nSPS) is 7.33. The Balaban J connectivity index is -0.00000000653. The van der Waals surface area contributed by atoms with Crippen molar-refractivity contribution < 1.29 is 257 Å². The molecule has 6 aromatic carbocycles. The van der Waals surface area contributed by atoms with Crippen molar-refractivity contribution in [1.82, 2.24) is 0 Å². The molecular weight excluding hydrogens is 3350 g/mol. The van der Waals surface area contributed by atoms with Gasteiger partial charge in [0.1, 0.15) is 51.5 Å². The van der Waals surface area contributed by atoms with E-state index in [0.717, 1.165) is 37.0 Å². The van der Waals surface area contributed by atoms with Crippen LogP contribution in [0.4, 0.5) is 25.2 Å². The number of benzene rings is 6. The van der Waals surface area contributed by atoms with Crippen molar-refractivity contribution in [3.63, 3.8) is 0 Å². The molecule has 6 radical (unpaired) electrons. The Kier molecular flexibility index (Phi) is 1060. The molecule has 30 heteroatoms. The molecule has 0 saturated carbocycles. The van der Waals surface area contributed by atoms with E-state index in [1.807, 2.05) is 182 Å². The molecule has 0 aliphatic carbocycles. The van der Waals surface area contributed by atoms with Crippen molar-refractivity contribution in [2.75, 3.05) is 0 Å². The average Bonchev–Trinajstić information content (AvgIpc) is 3.36. The summed E-state index contributed by atoms with van der Waals surface area (Å²) in [4.78, 5) is 0. The number of hydrogen-bond donors (Lipinski definition) is 0. The first-order valence-corrected chi connectivity index (χ1v) is 55.2. The zero-order valence-corrected chi connectivity index (χ0v) is 73.9. The third-order valence-corrected chi connectivity index (χ3v) is 34.6. The summed E-state index contributed by atoms with van der Waals surface area (Å²) in [6.07, 6.45) is 5.45. The molecule has 0 bridgehead atoms. The molecule has 846 valence electrons. The Morgan fingerprint density at radius 2 is 0.190 bits per heavy atom. The summed E-state index contributed by atoms with van der Waals surface area (Å²) in [5.41, 5.74) is 7.49.